The van der Waals surface area contributed by atoms with Crippen LogP contribution in [0.4, 0.5) is 0 Å². The number of rotatable bonds is 14. The largest absolute Gasteiger partial charge is 0.480 e. The number of carboxylic acids is 1. The molecule has 0 aliphatic heterocycles. The number of amides is 3. The first-order chi connectivity index (χ1) is 18.6. The van der Waals surface area contributed by atoms with Gasteiger partial charge in [0, 0.05) is 35.4 Å². The number of aromatic nitrogens is 3. The number of para-hydroxylation sites is 1. The monoisotopic (exact) mass is 541 g/mol. The number of aliphatic hydroxyl groups is 1. The molecule has 2 heterocycles. The van der Waals surface area contributed by atoms with Gasteiger partial charge in [-0.25, -0.2) is 9.78 Å². The Kier molecular flexibility index (Phi) is 10.2. The number of carbonyl (C=O) groups is 4. The number of aliphatic hydroxyl groups excluding tert-OH is 1. The third-order valence-corrected chi connectivity index (χ3v) is 6.66. The van der Waals surface area contributed by atoms with Crippen LogP contribution in [-0.4, -0.2) is 79.6 Å². The number of H-pyrrole nitrogens is 2. The summed E-state index contributed by atoms with van der Waals surface area (Å²) in [7, 11) is 0. The van der Waals surface area contributed by atoms with Crippen LogP contribution in [0.25, 0.3) is 10.9 Å². The number of imidazole rings is 1. The van der Waals surface area contributed by atoms with Crippen molar-refractivity contribution in [2.45, 2.75) is 57.3 Å². The van der Waals surface area contributed by atoms with Crippen molar-refractivity contribution in [3.8, 4) is 0 Å². The van der Waals surface area contributed by atoms with Gasteiger partial charge in [0.15, 0.2) is 0 Å². The Morgan fingerprint density at radius 1 is 1.00 bits per heavy atom. The number of aliphatic carboxylic acids is 1. The molecule has 3 aromatic rings. The Morgan fingerprint density at radius 2 is 1.69 bits per heavy atom. The summed E-state index contributed by atoms with van der Waals surface area (Å²) in [6, 6.07) is 2.76. The lowest BCUT2D eigenvalue weighted by molar-refractivity contribution is -0.143. The predicted molar refractivity (Wildman–Crippen MR) is 142 cm³/mol. The highest BCUT2D eigenvalue weighted by Gasteiger charge is 2.32. The van der Waals surface area contributed by atoms with Crippen LogP contribution in [0.2, 0.25) is 0 Å². The number of hydrogen-bond acceptors (Lipinski definition) is 7. The second-order valence-electron chi connectivity index (χ2n) is 9.47. The molecule has 2 aromatic heterocycles. The summed E-state index contributed by atoms with van der Waals surface area (Å²) in [4.78, 5) is 60.4. The fourth-order valence-corrected chi connectivity index (χ4v) is 4.14. The summed E-state index contributed by atoms with van der Waals surface area (Å²) in [6.07, 6.45) is 5.29. The fourth-order valence-electron chi connectivity index (χ4n) is 4.14. The Bertz CT molecular complexity index is 1270. The van der Waals surface area contributed by atoms with E-state index >= 15 is 0 Å². The van der Waals surface area contributed by atoms with Gasteiger partial charge in [0.05, 0.1) is 19.0 Å². The van der Waals surface area contributed by atoms with E-state index in [1.165, 1.54) is 12.5 Å². The Balaban J connectivity index is 1.68. The van der Waals surface area contributed by atoms with Crippen LogP contribution in [0.1, 0.15) is 31.5 Å². The Hall–Kier alpha value is -4.23. The molecule has 3 amide bonds. The van der Waals surface area contributed by atoms with Gasteiger partial charge in [0.1, 0.15) is 18.1 Å². The van der Waals surface area contributed by atoms with Gasteiger partial charge in [-0.1, -0.05) is 38.5 Å². The van der Waals surface area contributed by atoms with Gasteiger partial charge in [-0.3, -0.25) is 14.4 Å². The van der Waals surface area contributed by atoms with E-state index in [-0.39, 0.29) is 18.8 Å². The van der Waals surface area contributed by atoms with Gasteiger partial charge in [-0.15, -0.1) is 0 Å². The van der Waals surface area contributed by atoms with Crippen molar-refractivity contribution in [2.24, 2.45) is 11.7 Å². The topological polar surface area (TPSA) is 215 Å². The molecule has 0 spiro atoms. The lowest BCUT2D eigenvalue weighted by Gasteiger charge is -2.26. The molecular formula is C26H35N7O6. The number of nitrogens with one attached hydrogen (secondary N) is 5. The van der Waals surface area contributed by atoms with E-state index in [2.05, 4.69) is 30.9 Å². The van der Waals surface area contributed by atoms with Crippen LogP contribution < -0.4 is 21.7 Å². The maximum absolute atomic E-state index is 13.1. The predicted octanol–water partition coefficient (Wildman–Crippen LogP) is -0.419. The van der Waals surface area contributed by atoms with Crippen molar-refractivity contribution in [3.05, 3.63) is 54.2 Å². The van der Waals surface area contributed by atoms with E-state index in [0.29, 0.717) is 12.1 Å². The van der Waals surface area contributed by atoms with Gasteiger partial charge in [0.2, 0.25) is 17.7 Å². The number of fused-ring (bicyclic) bond motifs is 1. The molecule has 5 atom stereocenters. The summed E-state index contributed by atoms with van der Waals surface area (Å²) in [6.45, 7) is 2.74. The molecule has 1 aromatic carbocycles. The second kappa shape index (κ2) is 13.5. The van der Waals surface area contributed by atoms with E-state index in [4.69, 9.17) is 5.73 Å². The summed E-state index contributed by atoms with van der Waals surface area (Å²) >= 11 is 0. The van der Waals surface area contributed by atoms with Crippen LogP contribution in [0.15, 0.2) is 43.0 Å². The highest BCUT2D eigenvalue weighted by molar-refractivity contribution is 5.94. The lowest BCUT2D eigenvalue weighted by atomic mass is 9.98. The minimum atomic E-state index is -1.39. The fraction of sp³-hybridized carbons (Fsp3) is 0.423. The smallest absolute Gasteiger partial charge is 0.326 e. The first-order valence-corrected chi connectivity index (χ1v) is 12.7. The molecule has 0 aliphatic carbocycles. The molecule has 0 radical (unpaired) electrons. The molecule has 13 nitrogen and oxygen atoms in total. The van der Waals surface area contributed by atoms with Gasteiger partial charge in [-0.05, 0) is 24.0 Å². The number of aromatic amines is 2. The normalized spacial score (nSPS) is 15.1. The number of nitrogens with two attached hydrogens (primary N) is 1. The number of hydrogen-bond donors (Lipinski definition) is 8. The van der Waals surface area contributed by atoms with E-state index < -0.39 is 54.5 Å². The zero-order chi connectivity index (χ0) is 28.5. The number of carboxylic acid groups (broad SMARTS) is 1. The van der Waals surface area contributed by atoms with Crippen LogP contribution in [0.5, 0.6) is 0 Å². The highest BCUT2D eigenvalue weighted by atomic mass is 16.4. The first kappa shape index (κ1) is 29.3. The number of benzene rings is 1. The second-order valence-corrected chi connectivity index (χ2v) is 9.47. The lowest BCUT2D eigenvalue weighted by Crippen LogP contribution is -2.59. The third kappa shape index (κ3) is 7.65. The average Bonchev–Trinajstić information content (AvgIpc) is 3.59. The summed E-state index contributed by atoms with van der Waals surface area (Å²) < 4.78 is 0. The van der Waals surface area contributed by atoms with Crippen LogP contribution in [0.3, 0.4) is 0 Å². The van der Waals surface area contributed by atoms with Crippen molar-refractivity contribution in [1.29, 1.82) is 0 Å². The van der Waals surface area contributed by atoms with Gasteiger partial charge in [-0.2, -0.15) is 0 Å². The minimum Gasteiger partial charge on any atom is -0.480 e. The van der Waals surface area contributed by atoms with Gasteiger partial charge >= 0.3 is 5.97 Å². The van der Waals surface area contributed by atoms with Gasteiger partial charge in [0.25, 0.3) is 0 Å². The standard InChI is InChI=1S/C26H35N7O6/c1-3-14(2)22(26(38)39)33-24(36)20(9-16-11-28-13-30-16)31-25(37)21(12-34)32-23(35)18(27)8-15-10-29-19-7-5-4-6-17(15)19/h4-7,10-11,13-14,18,20-22,29,34H,3,8-9,12,27H2,1-2H3,(H,28,30)(H,31,37)(H,32,35)(H,33,36)(H,38,39). The molecule has 0 aliphatic rings. The van der Waals surface area contributed by atoms with Crippen molar-refractivity contribution in [2.75, 3.05) is 6.61 Å². The average molecular weight is 542 g/mol. The van der Waals surface area contributed by atoms with E-state index in [9.17, 15) is 29.4 Å². The molecule has 210 valence electrons. The van der Waals surface area contributed by atoms with E-state index in [1.807, 2.05) is 24.3 Å². The molecule has 9 N–H and O–H groups in total. The minimum absolute atomic E-state index is 0.0312. The third-order valence-electron chi connectivity index (χ3n) is 6.66. The van der Waals surface area contributed by atoms with Crippen LogP contribution >= 0.6 is 0 Å². The summed E-state index contributed by atoms with van der Waals surface area (Å²) in [5.41, 5.74) is 8.33. The quantitative estimate of drug-likeness (QED) is 0.134. The zero-order valence-electron chi connectivity index (χ0n) is 21.8. The van der Waals surface area contributed by atoms with Gasteiger partial charge < -0.3 is 41.9 Å². The first-order valence-electron chi connectivity index (χ1n) is 12.7. The highest BCUT2D eigenvalue weighted by Crippen LogP contribution is 2.18. The molecule has 0 saturated carbocycles. The molecule has 0 saturated heterocycles. The van der Waals surface area contributed by atoms with E-state index in [0.717, 1.165) is 16.5 Å². The van der Waals surface area contributed by atoms with Crippen molar-refractivity contribution >= 4 is 34.6 Å². The molecular weight excluding hydrogens is 506 g/mol. The molecule has 5 unspecified atom stereocenters. The van der Waals surface area contributed by atoms with Crippen molar-refractivity contribution < 1.29 is 29.4 Å². The maximum atomic E-state index is 13.1. The molecule has 0 fully saturated rings. The number of nitrogens with zero attached hydrogens (tertiary/aromatic N) is 1. The molecule has 0 bridgehead atoms. The SMILES string of the molecule is CCC(C)C(NC(=O)C(Cc1cnc[nH]1)NC(=O)C(CO)NC(=O)C(N)Cc1c[nH]c2ccccc12)C(=O)O. The van der Waals surface area contributed by atoms with Crippen LogP contribution in [0, 0.1) is 5.92 Å². The Morgan fingerprint density at radius 3 is 2.33 bits per heavy atom. The van der Waals surface area contributed by atoms with Crippen molar-refractivity contribution in [3.63, 3.8) is 0 Å². The summed E-state index contributed by atoms with van der Waals surface area (Å²) in [5.74, 6) is -3.79. The van der Waals surface area contributed by atoms with Crippen molar-refractivity contribution in [1.82, 2.24) is 30.9 Å². The maximum Gasteiger partial charge on any atom is 0.326 e. The summed E-state index contributed by atoms with van der Waals surface area (Å²) in [5, 5.41) is 27.7. The zero-order valence-corrected chi connectivity index (χ0v) is 21.8. The van der Waals surface area contributed by atoms with E-state index in [1.54, 1.807) is 20.0 Å². The Labute approximate surface area is 225 Å². The van der Waals surface area contributed by atoms with Crippen LogP contribution in [-0.2, 0) is 32.0 Å². The molecule has 3 rings (SSSR count). The number of carbonyl (C=O) groups excluding carboxylic acids is 3. The molecule has 39 heavy (non-hydrogen) atoms. The molecule has 13 heteroatoms.